The Balaban J connectivity index is 1.43. The topological polar surface area (TPSA) is 69.9 Å². The van der Waals surface area contributed by atoms with Gasteiger partial charge in [-0.05, 0) is 72.3 Å². The zero-order valence-corrected chi connectivity index (χ0v) is 27.0. The van der Waals surface area contributed by atoms with Crippen molar-refractivity contribution in [1.29, 1.82) is 0 Å². The van der Waals surface area contributed by atoms with Crippen LogP contribution in [-0.4, -0.2) is 23.4 Å². The van der Waals surface area contributed by atoms with Crippen LogP contribution in [0.25, 0.3) is 11.8 Å². The number of hydrogen-bond donors (Lipinski definition) is 0. The highest BCUT2D eigenvalue weighted by Gasteiger charge is 2.35. The van der Waals surface area contributed by atoms with E-state index in [2.05, 4.69) is 0 Å². The van der Waals surface area contributed by atoms with Crippen LogP contribution in [0.15, 0.2) is 123 Å². The number of fused-ring (bicyclic) bond motifs is 1. The molecule has 1 aliphatic heterocycles. The van der Waals surface area contributed by atoms with Gasteiger partial charge in [0.15, 0.2) is 4.80 Å². The second-order valence-electron chi connectivity index (χ2n) is 10.2. The molecule has 6 nitrogen and oxygen atoms in total. The van der Waals surface area contributed by atoms with Crippen molar-refractivity contribution in [3.63, 3.8) is 0 Å². The largest absolute Gasteiger partial charge is 0.489 e. The minimum absolute atomic E-state index is 0.200. The third-order valence-corrected chi connectivity index (χ3v) is 9.24. The van der Waals surface area contributed by atoms with Crippen LogP contribution >= 0.6 is 34.7 Å². The number of ether oxygens (including phenoxy) is 2. The zero-order chi connectivity index (χ0) is 31.3. The number of carbonyl (C=O) groups is 1. The van der Waals surface area contributed by atoms with Crippen LogP contribution in [0.4, 0.5) is 0 Å². The molecule has 0 saturated heterocycles. The lowest BCUT2D eigenvalue weighted by atomic mass is 9.93. The van der Waals surface area contributed by atoms with Gasteiger partial charge in [0.05, 0.1) is 28.5 Å². The summed E-state index contributed by atoms with van der Waals surface area (Å²) in [5.74, 6) is 0.204. The van der Waals surface area contributed by atoms with Crippen LogP contribution in [0.5, 0.6) is 5.75 Å². The summed E-state index contributed by atoms with van der Waals surface area (Å²) in [7, 11) is 0. The maximum absolute atomic E-state index is 14.1. The highest BCUT2D eigenvalue weighted by atomic mass is 35.5. The number of thiazole rings is 1. The van der Waals surface area contributed by atoms with E-state index in [4.69, 9.17) is 26.1 Å². The summed E-state index contributed by atoms with van der Waals surface area (Å²) in [6, 6.07) is 31.9. The van der Waals surface area contributed by atoms with Crippen molar-refractivity contribution >= 4 is 52.4 Å². The Bertz CT molecular complexity index is 2050. The Kier molecular flexibility index (Phi) is 9.35. The van der Waals surface area contributed by atoms with E-state index < -0.39 is 12.0 Å². The number of hydrogen-bond acceptors (Lipinski definition) is 7. The van der Waals surface area contributed by atoms with Gasteiger partial charge in [0.2, 0.25) is 0 Å². The molecular formula is C36H29ClN2O4S2. The van der Waals surface area contributed by atoms with Gasteiger partial charge in [-0.25, -0.2) is 9.79 Å². The summed E-state index contributed by atoms with van der Waals surface area (Å²) in [6.45, 7) is 2.36. The zero-order valence-electron chi connectivity index (χ0n) is 24.6. The van der Waals surface area contributed by atoms with Gasteiger partial charge in [0.25, 0.3) is 5.56 Å². The molecule has 2 heterocycles. The van der Waals surface area contributed by atoms with Gasteiger partial charge in [-0.15, -0.1) is 11.8 Å². The molecule has 0 fully saturated rings. The first-order valence-electron chi connectivity index (χ1n) is 14.3. The van der Waals surface area contributed by atoms with Gasteiger partial charge in [0.1, 0.15) is 12.4 Å². The SMILES string of the molecule is CCOC(=O)C1=C(c2ccccc2)N=c2s/c(=C\c3ccc(OCc4cccc(Cl)c4)cc3)c(=O)n2[C@@H]1c1ccc(SC)cc1. The van der Waals surface area contributed by atoms with Crippen LogP contribution < -0.4 is 19.6 Å². The lowest BCUT2D eigenvalue weighted by Crippen LogP contribution is -2.40. The quantitative estimate of drug-likeness (QED) is 0.128. The third kappa shape index (κ3) is 6.68. The summed E-state index contributed by atoms with van der Waals surface area (Å²) in [4.78, 5) is 34.2. The van der Waals surface area contributed by atoms with Crippen LogP contribution in [-0.2, 0) is 16.1 Å². The van der Waals surface area contributed by atoms with Gasteiger partial charge < -0.3 is 9.47 Å². The van der Waals surface area contributed by atoms with E-state index in [0.29, 0.717) is 38.0 Å². The fourth-order valence-corrected chi connectivity index (χ4v) is 6.77. The van der Waals surface area contributed by atoms with Crippen LogP contribution in [0.2, 0.25) is 5.02 Å². The van der Waals surface area contributed by atoms with Crippen molar-refractivity contribution in [1.82, 2.24) is 4.57 Å². The van der Waals surface area contributed by atoms with E-state index in [1.165, 1.54) is 11.3 Å². The van der Waals surface area contributed by atoms with Crippen molar-refractivity contribution in [2.45, 2.75) is 24.5 Å². The van der Waals surface area contributed by atoms with Crippen LogP contribution in [0.3, 0.4) is 0 Å². The molecule has 226 valence electrons. The molecule has 0 N–H and O–H groups in total. The van der Waals surface area contributed by atoms with E-state index >= 15 is 0 Å². The molecule has 0 bridgehead atoms. The highest BCUT2D eigenvalue weighted by Crippen LogP contribution is 2.35. The predicted molar refractivity (Wildman–Crippen MR) is 182 cm³/mol. The van der Waals surface area contributed by atoms with Crippen molar-refractivity contribution in [2.75, 3.05) is 12.9 Å². The number of halogens is 1. The average molecular weight is 653 g/mol. The van der Waals surface area contributed by atoms with Gasteiger partial charge in [-0.3, -0.25) is 9.36 Å². The fraction of sp³-hybridized carbons (Fsp3) is 0.139. The van der Waals surface area contributed by atoms with Crippen LogP contribution in [0, 0.1) is 0 Å². The Hall–Kier alpha value is -4.37. The second-order valence-corrected chi connectivity index (χ2v) is 12.5. The molecule has 1 aliphatic rings. The van der Waals surface area contributed by atoms with Crippen molar-refractivity contribution in [2.24, 2.45) is 4.99 Å². The minimum Gasteiger partial charge on any atom is -0.489 e. The number of esters is 1. The fourth-order valence-electron chi connectivity index (χ4n) is 5.15. The Morgan fingerprint density at radius 3 is 2.44 bits per heavy atom. The lowest BCUT2D eigenvalue weighted by molar-refractivity contribution is -0.138. The van der Waals surface area contributed by atoms with E-state index in [-0.39, 0.29) is 12.2 Å². The molecule has 9 heteroatoms. The molecule has 5 aromatic rings. The number of benzene rings is 4. The monoisotopic (exact) mass is 652 g/mol. The first-order chi connectivity index (χ1) is 21.9. The van der Waals surface area contributed by atoms with E-state index in [1.54, 1.807) is 23.3 Å². The molecule has 0 amide bonds. The molecular weight excluding hydrogens is 624 g/mol. The number of thioether (sulfide) groups is 1. The van der Waals surface area contributed by atoms with Gasteiger partial charge in [-0.2, -0.15) is 0 Å². The number of nitrogens with zero attached hydrogens (tertiary/aromatic N) is 2. The molecule has 0 aliphatic carbocycles. The van der Waals surface area contributed by atoms with Gasteiger partial charge in [0, 0.05) is 15.5 Å². The lowest BCUT2D eigenvalue weighted by Gasteiger charge is -2.26. The summed E-state index contributed by atoms with van der Waals surface area (Å²) >= 11 is 9.01. The maximum atomic E-state index is 14.1. The molecule has 6 rings (SSSR count). The summed E-state index contributed by atoms with van der Waals surface area (Å²) < 4.78 is 13.6. The van der Waals surface area contributed by atoms with Crippen molar-refractivity contribution < 1.29 is 14.3 Å². The Morgan fingerprint density at radius 2 is 1.76 bits per heavy atom. The molecule has 0 radical (unpaired) electrons. The molecule has 0 spiro atoms. The summed E-state index contributed by atoms with van der Waals surface area (Å²) in [5, 5.41) is 0.664. The van der Waals surface area contributed by atoms with Crippen molar-refractivity contribution in [3.8, 4) is 5.75 Å². The van der Waals surface area contributed by atoms with Gasteiger partial charge >= 0.3 is 5.97 Å². The average Bonchev–Trinajstić information content (AvgIpc) is 3.38. The van der Waals surface area contributed by atoms with Crippen LogP contribution in [0.1, 0.15) is 35.2 Å². The maximum Gasteiger partial charge on any atom is 0.338 e. The number of rotatable bonds is 9. The van der Waals surface area contributed by atoms with Gasteiger partial charge in [-0.1, -0.05) is 89.7 Å². The highest BCUT2D eigenvalue weighted by molar-refractivity contribution is 7.98. The minimum atomic E-state index is -0.712. The van der Waals surface area contributed by atoms with E-state index in [0.717, 1.165) is 27.1 Å². The first-order valence-corrected chi connectivity index (χ1v) is 16.8. The molecule has 1 aromatic heterocycles. The molecule has 0 unspecified atom stereocenters. The smallest absolute Gasteiger partial charge is 0.338 e. The second kappa shape index (κ2) is 13.7. The van der Waals surface area contributed by atoms with E-state index in [1.807, 2.05) is 115 Å². The number of carbonyl (C=O) groups excluding carboxylic acids is 1. The first kappa shape index (κ1) is 30.6. The molecule has 4 aromatic carbocycles. The Morgan fingerprint density at radius 1 is 1.00 bits per heavy atom. The number of aromatic nitrogens is 1. The molecule has 45 heavy (non-hydrogen) atoms. The summed E-state index contributed by atoms with van der Waals surface area (Å²) in [5.41, 5.74) is 3.99. The van der Waals surface area contributed by atoms with Crippen molar-refractivity contribution in [3.05, 3.63) is 156 Å². The summed E-state index contributed by atoms with van der Waals surface area (Å²) in [6.07, 6.45) is 3.85. The Labute approximate surface area is 274 Å². The normalized spacial score (nSPS) is 14.6. The third-order valence-electron chi connectivity index (χ3n) is 7.28. The van der Waals surface area contributed by atoms with E-state index in [9.17, 15) is 9.59 Å². The molecule has 0 saturated carbocycles. The predicted octanol–water partition coefficient (Wildman–Crippen LogP) is 6.89. The molecule has 1 atom stereocenters. The standard InChI is InChI=1S/C36H29ClN2O4S2/c1-3-42-35(41)31-32(25-9-5-4-6-10-25)38-36-39(33(31)26-14-18-29(44-2)19-15-26)34(40)30(45-36)21-23-12-16-28(17-13-23)43-22-24-8-7-11-27(37)20-24/h4-21,33H,3,22H2,1-2H3/b30-21-/t33-/m1/s1.